The Labute approximate surface area is 108 Å². The molecule has 0 bridgehead atoms. The molecule has 6 heteroatoms. The van der Waals surface area contributed by atoms with Gasteiger partial charge in [-0.15, -0.1) is 0 Å². The molecule has 19 heavy (non-hydrogen) atoms. The maximum absolute atomic E-state index is 13.2. The molecule has 0 radical (unpaired) electrons. The van der Waals surface area contributed by atoms with Gasteiger partial charge in [-0.3, -0.25) is 0 Å². The second-order valence-corrected chi connectivity index (χ2v) is 4.07. The second kappa shape index (κ2) is 4.31. The van der Waals surface area contributed by atoms with E-state index in [0.29, 0.717) is 22.9 Å². The molecule has 3 rings (SSSR count). The van der Waals surface area contributed by atoms with E-state index in [0.717, 1.165) is 5.39 Å². The molecule has 96 valence electrons. The molecule has 2 aromatic heterocycles. The van der Waals surface area contributed by atoms with E-state index in [1.54, 1.807) is 30.1 Å². The number of methoxy groups -OCH3 is 1. The molecule has 0 saturated heterocycles. The highest BCUT2D eigenvalue weighted by molar-refractivity contribution is 5.75. The molecule has 0 fully saturated rings. The molecular formula is C13H11FN4O. The van der Waals surface area contributed by atoms with E-state index >= 15 is 0 Å². The zero-order valence-electron chi connectivity index (χ0n) is 10.5. The molecule has 0 unspecified atom stereocenters. The molecule has 0 spiro atoms. The van der Waals surface area contributed by atoms with Gasteiger partial charge < -0.3 is 4.74 Å². The lowest BCUT2D eigenvalue weighted by Crippen LogP contribution is -2.02. The minimum atomic E-state index is -0.358. The number of aromatic nitrogens is 4. The van der Waals surface area contributed by atoms with Crippen LogP contribution < -0.4 is 4.74 Å². The van der Waals surface area contributed by atoms with Crippen LogP contribution in [-0.4, -0.2) is 26.9 Å². The first-order valence-corrected chi connectivity index (χ1v) is 5.70. The van der Waals surface area contributed by atoms with Crippen LogP contribution in [0.4, 0.5) is 4.39 Å². The molecule has 0 aliphatic rings. The van der Waals surface area contributed by atoms with Crippen LogP contribution in [0.25, 0.3) is 16.7 Å². The van der Waals surface area contributed by atoms with Crippen LogP contribution >= 0.6 is 0 Å². The summed E-state index contributed by atoms with van der Waals surface area (Å²) in [6.07, 6.45) is 3.37. The summed E-state index contributed by atoms with van der Waals surface area (Å²) in [6, 6.07) is 4.29. The Morgan fingerprint density at radius 1 is 1.26 bits per heavy atom. The average Bonchev–Trinajstić information content (AvgIpc) is 2.81. The van der Waals surface area contributed by atoms with E-state index in [1.165, 1.54) is 19.2 Å². The van der Waals surface area contributed by atoms with Gasteiger partial charge in [-0.05, 0) is 19.1 Å². The van der Waals surface area contributed by atoms with Crippen molar-refractivity contribution in [3.63, 3.8) is 0 Å². The molecule has 0 aliphatic heterocycles. The molecule has 0 saturated carbocycles. The molecule has 1 aromatic carbocycles. The van der Waals surface area contributed by atoms with Crippen LogP contribution in [0.15, 0.2) is 30.6 Å². The Bertz CT molecular complexity index is 753. The summed E-state index contributed by atoms with van der Waals surface area (Å²) in [5.74, 6) is 0.694. The number of halogens is 1. The van der Waals surface area contributed by atoms with Crippen molar-refractivity contribution in [3.05, 3.63) is 42.2 Å². The Hall–Kier alpha value is -2.50. The molecule has 5 nitrogen and oxygen atoms in total. The molecular weight excluding hydrogens is 247 g/mol. The molecule has 3 aromatic rings. The second-order valence-electron chi connectivity index (χ2n) is 4.07. The number of fused-ring (bicyclic) bond motifs is 1. The van der Waals surface area contributed by atoms with Gasteiger partial charge >= 0.3 is 0 Å². The predicted molar refractivity (Wildman–Crippen MR) is 67.9 cm³/mol. The van der Waals surface area contributed by atoms with Gasteiger partial charge in [0.25, 0.3) is 0 Å². The number of nitrogens with zero attached hydrogens (tertiary/aromatic N) is 4. The SMILES string of the molecule is COc1cc(F)ccc1-n1ncc2cnc(C)nc21. The van der Waals surface area contributed by atoms with Crippen molar-refractivity contribution in [1.29, 1.82) is 0 Å². The summed E-state index contributed by atoms with van der Waals surface area (Å²) in [4.78, 5) is 8.47. The lowest BCUT2D eigenvalue weighted by Gasteiger charge is -2.09. The topological polar surface area (TPSA) is 52.8 Å². The van der Waals surface area contributed by atoms with Crippen molar-refractivity contribution in [2.75, 3.05) is 7.11 Å². The quantitative estimate of drug-likeness (QED) is 0.707. The molecule has 0 aliphatic carbocycles. The van der Waals surface area contributed by atoms with Crippen LogP contribution in [0.2, 0.25) is 0 Å². The highest BCUT2D eigenvalue weighted by atomic mass is 19.1. The standard InChI is InChI=1S/C13H11FN4O/c1-8-15-6-9-7-16-18(13(9)17-8)11-4-3-10(14)5-12(11)19-2/h3-7H,1-2H3. The fourth-order valence-electron chi connectivity index (χ4n) is 1.91. The maximum atomic E-state index is 13.2. The van der Waals surface area contributed by atoms with Gasteiger partial charge in [0, 0.05) is 12.3 Å². The first kappa shape index (κ1) is 11.6. The van der Waals surface area contributed by atoms with Crippen molar-refractivity contribution in [2.45, 2.75) is 6.92 Å². The summed E-state index contributed by atoms with van der Waals surface area (Å²) >= 11 is 0. The highest BCUT2D eigenvalue weighted by Gasteiger charge is 2.12. The third kappa shape index (κ3) is 1.91. The van der Waals surface area contributed by atoms with Crippen molar-refractivity contribution >= 4 is 11.0 Å². The van der Waals surface area contributed by atoms with Gasteiger partial charge in [-0.2, -0.15) is 5.10 Å². The van der Waals surface area contributed by atoms with Gasteiger partial charge in [-0.1, -0.05) is 0 Å². The third-order valence-corrected chi connectivity index (χ3v) is 2.80. The molecule has 0 atom stereocenters. The first-order valence-electron chi connectivity index (χ1n) is 5.70. The Balaban J connectivity index is 2.27. The number of ether oxygens (including phenoxy) is 1. The van der Waals surface area contributed by atoms with Crippen molar-refractivity contribution in [3.8, 4) is 11.4 Å². The molecule has 0 N–H and O–H groups in total. The molecule has 0 amide bonds. The lowest BCUT2D eigenvalue weighted by atomic mass is 10.3. The predicted octanol–water partition coefficient (Wildman–Crippen LogP) is 2.27. The van der Waals surface area contributed by atoms with Crippen LogP contribution in [0.5, 0.6) is 5.75 Å². The summed E-state index contributed by atoms with van der Waals surface area (Å²) in [7, 11) is 1.49. The van der Waals surface area contributed by atoms with Crippen molar-refractivity contribution in [1.82, 2.24) is 19.7 Å². The fraction of sp³-hybridized carbons (Fsp3) is 0.154. The summed E-state index contributed by atoms with van der Waals surface area (Å²) in [6.45, 7) is 1.80. The number of hydrogen-bond donors (Lipinski definition) is 0. The van der Waals surface area contributed by atoms with Gasteiger partial charge in [-0.25, -0.2) is 19.0 Å². The normalized spacial score (nSPS) is 10.9. The van der Waals surface area contributed by atoms with E-state index in [9.17, 15) is 4.39 Å². The smallest absolute Gasteiger partial charge is 0.166 e. The van der Waals surface area contributed by atoms with Gasteiger partial charge in [0.15, 0.2) is 5.65 Å². The van der Waals surface area contributed by atoms with Gasteiger partial charge in [0.05, 0.1) is 18.7 Å². The Morgan fingerprint density at radius 2 is 2.11 bits per heavy atom. The van der Waals surface area contributed by atoms with Gasteiger partial charge in [0.1, 0.15) is 23.1 Å². The zero-order chi connectivity index (χ0) is 13.4. The van der Waals surface area contributed by atoms with E-state index < -0.39 is 0 Å². The maximum Gasteiger partial charge on any atom is 0.166 e. The average molecular weight is 258 g/mol. The zero-order valence-corrected chi connectivity index (χ0v) is 10.5. The van der Waals surface area contributed by atoms with E-state index in [-0.39, 0.29) is 5.82 Å². The van der Waals surface area contributed by atoms with E-state index in [4.69, 9.17) is 4.74 Å². The van der Waals surface area contributed by atoms with E-state index in [1.807, 2.05) is 0 Å². The number of hydrogen-bond acceptors (Lipinski definition) is 4. The minimum absolute atomic E-state index is 0.358. The summed E-state index contributed by atoms with van der Waals surface area (Å²) in [5.41, 5.74) is 1.30. The summed E-state index contributed by atoms with van der Waals surface area (Å²) < 4.78 is 20.0. The van der Waals surface area contributed by atoms with Crippen molar-refractivity contribution in [2.24, 2.45) is 0 Å². The van der Waals surface area contributed by atoms with Crippen molar-refractivity contribution < 1.29 is 9.13 Å². The number of benzene rings is 1. The fourth-order valence-corrected chi connectivity index (χ4v) is 1.91. The Kier molecular flexibility index (Phi) is 2.63. The minimum Gasteiger partial charge on any atom is -0.494 e. The van der Waals surface area contributed by atoms with Crippen LogP contribution in [0, 0.1) is 12.7 Å². The van der Waals surface area contributed by atoms with Crippen LogP contribution in [0.1, 0.15) is 5.82 Å². The Morgan fingerprint density at radius 3 is 2.89 bits per heavy atom. The largest absolute Gasteiger partial charge is 0.494 e. The van der Waals surface area contributed by atoms with Crippen LogP contribution in [0.3, 0.4) is 0 Å². The summed E-state index contributed by atoms with van der Waals surface area (Å²) in [5, 5.41) is 5.07. The first-order chi connectivity index (χ1) is 9.19. The monoisotopic (exact) mass is 258 g/mol. The van der Waals surface area contributed by atoms with Crippen LogP contribution in [-0.2, 0) is 0 Å². The third-order valence-electron chi connectivity index (χ3n) is 2.80. The highest BCUT2D eigenvalue weighted by Crippen LogP contribution is 2.25. The number of rotatable bonds is 2. The lowest BCUT2D eigenvalue weighted by molar-refractivity contribution is 0.408. The molecule has 2 heterocycles. The van der Waals surface area contributed by atoms with Gasteiger partial charge in [0.2, 0.25) is 0 Å². The number of aryl methyl sites for hydroxylation is 1. The van der Waals surface area contributed by atoms with E-state index in [2.05, 4.69) is 15.1 Å².